The summed E-state index contributed by atoms with van der Waals surface area (Å²) in [5.74, 6) is -1.58. The van der Waals surface area contributed by atoms with Gasteiger partial charge in [0, 0.05) is 18.7 Å². The van der Waals surface area contributed by atoms with Gasteiger partial charge in [0.15, 0.2) is 6.04 Å². The number of fused-ring (bicyclic) bond motifs is 1. The second-order valence-electron chi connectivity index (χ2n) is 9.44. The normalized spacial score (nSPS) is 17.3. The summed E-state index contributed by atoms with van der Waals surface area (Å²) in [6.45, 7) is 4.15. The first-order valence-electron chi connectivity index (χ1n) is 11.6. The SMILES string of the molecule is CC(C)c1c(Nc2ccc([C@H](N(C)C(=O)C3CCS(=O)(=O)CC3)C(F)(F)F)cc2)cnc2ccsc12. The summed E-state index contributed by atoms with van der Waals surface area (Å²) in [6.07, 6.45) is -2.88. The number of hydrogen-bond acceptors (Lipinski definition) is 6. The number of halogens is 3. The van der Waals surface area contributed by atoms with Gasteiger partial charge in [-0.1, -0.05) is 26.0 Å². The summed E-state index contributed by atoms with van der Waals surface area (Å²) in [6, 6.07) is 5.66. The molecule has 1 fully saturated rings. The third kappa shape index (κ3) is 5.51. The number of aromatic nitrogens is 1. The Kier molecular flexibility index (Phi) is 7.34. The van der Waals surface area contributed by atoms with Crippen LogP contribution in [0.2, 0.25) is 0 Å². The first-order chi connectivity index (χ1) is 16.9. The molecule has 1 saturated heterocycles. The van der Waals surface area contributed by atoms with Gasteiger partial charge in [-0.25, -0.2) is 8.42 Å². The van der Waals surface area contributed by atoms with Crippen LogP contribution < -0.4 is 5.32 Å². The Labute approximate surface area is 212 Å². The van der Waals surface area contributed by atoms with Crippen molar-refractivity contribution in [1.29, 1.82) is 0 Å². The number of thiophene rings is 1. The molecule has 11 heteroatoms. The van der Waals surface area contributed by atoms with E-state index in [0.717, 1.165) is 28.5 Å². The highest BCUT2D eigenvalue weighted by Gasteiger charge is 2.46. The van der Waals surface area contributed by atoms with E-state index in [1.807, 2.05) is 11.4 Å². The Bertz CT molecular complexity index is 1340. The standard InChI is InChI=1S/C25H28F3N3O3S2/c1-15(2)21-20(14-29-19-8-11-35-22(19)21)30-18-6-4-16(5-7-18)23(25(26,27)28)31(3)24(32)17-9-12-36(33,34)13-10-17/h4-8,11,14-15,17,23,30H,9-10,12-13H2,1-3H3/t23-/m0/s1. The molecule has 0 aliphatic carbocycles. The first kappa shape index (κ1) is 26.4. The van der Waals surface area contributed by atoms with Crippen LogP contribution in [0.15, 0.2) is 41.9 Å². The third-order valence-corrected chi connectivity index (χ3v) is 9.20. The molecule has 0 spiro atoms. The predicted molar refractivity (Wildman–Crippen MR) is 136 cm³/mol. The van der Waals surface area contributed by atoms with Gasteiger partial charge in [0.2, 0.25) is 5.91 Å². The molecular formula is C25H28F3N3O3S2. The number of hydrogen-bond donors (Lipinski definition) is 1. The molecule has 3 aromatic rings. The number of carbonyl (C=O) groups excluding carboxylic acids is 1. The lowest BCUT2D eigenvalue weighted by molar-refractivity contribution is -0.190. The molecule has 1 aliphatic heterocycles. The van der Waals surface area contributed by atoms with E-state index in [4.69, 9.17) is 0 Å². The lowest BCUT2D eigenvalue weighted by Gasteiger charge is -2.34. The van der Waals surface area contributed by atoms with Crippen molar-refractivity contribution in [2.75, 3.05) is 23.9 Å². The molecule has 36 heavy (non-hydrogen) atoms. The zero-order valence-corrected chi connectivity index (χ0v) is 21.8. The van der Waals surface area contributed by atoms with E-state index < -0.39 is 33.9 Å². The molecule has 1 N–H and O–H groups in total. The Morgan fingerprint density at radius 3 is 2.36 bits per heavy atom. The molecule has 3 heterocycles. The number of carbonyl (C=O) groups is 1. The summed E-state index contributed by atoms with van der Waals surface area (Å²) in [4.78, 5) is 18.1. The van der Waals surface area contributed by atoms with Crippen molar-refractivity contribution in [3.8, 4) is 0 Å². The van der Waals surface area contributed by atoms with Gasteiger partial charge in [0.05, 0.1) is 33.6 Å². The minimum absolute atomic E-state index is 0.0414. The number of alkyl halides is 3. The number of anilines is 2. The maximum atomic E-state index is 14.1. The molecule has 0 unspecified atom stereocenters. The van der Waals surface area contributed by atoms with E-state index >= 15 is 0 Å². The second-order valence-corrected chi connectivity index (χ2v) is 12.7. The predicted octanol–water partition coefficient (Wildman–Crippen LogP) is 6.05. The van der Waals surface area contributed by atoms with E-state index in [1.165, 1.54) is 12.1 Å². The molecule has 1 aromatic carbocycles. The lowest BCUT2D eigenvalue weighted by atomic mass is 9.98. The number of rotatable bonds is 6. The van der Waals surface area contributed by atoms with Gasteiger partial charge < -0.3 is 10.2 Å². The van der Waals surface area contributed by atoms with Gasteiger partial charge in [-0.05, 0) is 53.5 Å². The highest BCUT2D eigenvalue weighted by atomic mass is 32.2. The molecule has 1 amide bonds. The Balaban J connectivity index is 1.57. The minimum Gasteiger partial charge on any atom is -0.354 e. The largest absolute Gasteiger partial charge is 0.413 e. The monoisotopic (exact) mass is 539 g/mol. The van der Waals surface area contributed by atoms with Crippen molar-refractivity contribution < 1.29 is 26.4 Å². The smallest absolute Gasteiger partial charge is 0.354 e. The van der Waals surface area contributed by atoms with Crippen LogP contribution >= 0.6 is 11.3 Å². The average molecular weight is 540 g/mol. The van der Waals surface area contributed by atoms with Crippen LogP contribution in [0.5, 0.6) is 0 Å². The van der Waals surface area contributed by atoms with E-state index in [2.05, 4.69) is 24.1 Å². The van der Waals surface area contributed by atoms with E-state index in [9.17, 15) is 26.4 Å². The number of benzene rings is 1. The molecule has 1 atom stereocenters. The summed E-state index contributed by atoms with van der Waals surface area (Å²) in [7, 11) is -2.10. The molecule has 4 rings (SSSR count). The van der Waals surface area contributed by atoms with Crippen LogP contribution in [0.1, 0.15) is 49.8 Å². The van der Waals surface area contributed by atoms with Crippen LogP contribution in [0.25, 0.3) is 10.2 Å². The summed E-state index contributed by atoms with van der Waals surface area (Å²) in [5.41, 5.74) is 3.32. The molecule has 0 bridgehead atoms. The molecule has 0 radical (unpaired) electrons. The van der Waals surface area contributed by atoms with E-state index in [-0.39, 0.29) is 35.8 Å². The summed E-state index contributed by atoms with van der Waals surface area (Å²) in [5, 5.41) is 5.25. The van der Waals surface area contributed by atoms with Gasteiger partial charge >= 0.3 is 6.18 Å². The zero-order chi connectivity index (χ0) is 26.3. The van der Waals surface area contributed by atoms with Gasteiger partial charge in [-0.3, -0.25) is 9.78 Å². The van der Waals surface area contributed by atoms with Crippen molar-refractivity contribution in [3.05, 3.63) is 53.0 Å². The maximum Gasteiger partial charge on any atom is 0.413 e. The number of amides is 1. The van der Waals surface area contributed by atoms with Crippen LogP contribution in [0.3, 0.4) is 0 Å². The highest BCUT2D eigenvalue weighted by molar-refractivity contribution is 7.91. The number of sulfone groups is 1. The fourth-order valence-corrected chi connectivity index (χ4v) is 7.23. The van der Waals surface area contributed by atoms with Crippen molar-refractivity contribution in [2.24, 2.45) is 5.92 Å². The van der Waals surface area contributed by atoms with E-state index in [0.29, 0.717) is 10.6 Å². The number of pyridine rings is 1. The van der Waals surface area contributed by atoms with Crippen LogP contribution in [0.4, 0.5) is 24.5 Å². The molecule has 0 saturated carbocycles. The highest BCUT2D eigenvalue weighted by Crippen LogP contribution is 2.40. The van der Waals surface area contributed by atoms with Gasteiger partial charge in [-0.15, -0.1) is 11.3 Å². The van der Waals surface area contributed by atoms with E-state index in [1.54, 1.807) is 29.7 Å². The zero-order valence-electron chi connectivity index (χ0n) is 20.2. The van der Waals surface area contributed by atoms with Crippen molar-refractivity contribution in [1.82, 2.24) is 9.88 Å². The molecule has 2 aromatic heterocycles. The maximum absolute atomic E-state index is 14.1. The van der Waals surface area contributed by atoms with Gasteiger partial charge in [-0.2, -0.15) is 13.2 Å². The summed E-state index contributed by atoms with van der Waals surface area (Å²) >= 11 is 1.60. The van der Waals surface area contributed by atoms with Crippen LogP contribution in [0, 0.1) is 5.92 Å². The lowest BCUT2D eigenvalue weighted by Crippen LogP contribution is -2.44. The molecular weight excluding hydrogens is 511 g/mol. The first-order valence-corrected chi connectivity index (χ1v) is 14.3. The van der Waals surface area contributed by atoms with Gasteiger partial charge in [0.1, 0.15) is 9.84 Å². The fourth-order valence-electron chi connectivity index (χ4n) is 4.69. The summed E-state index contributed by atoms with van der Waals surface area (Å²) < 4.78 is 66.7. The fraction of sp³-hybridized carbons (Fsp3) is 0.440. The van der Waals surface area contributed by atoms with Crippen molar-refractivity contribution >= 4 is 48.7 Å². The second kappa shape index (κ2) is 10.0. The Morgan fingerprint density at radius 1 is 1.14 bits per heavy atom. The molecule has 194 valence electrons. The molecule has 6 nitrogen and oxygen atoms in total. The minimum atomic E-state index is -4.70. The quantitative estimate of drug-likeness (QED) is 0.413. The number of nitrogens with one attached hydrogen (secondary N) is 1. The third-order valence-electron chi connectivity index (χ3n) is 6.54. The topological polar surface area (TPSA) is 79.4 Å². The Morgan fingerprint density at radius 2 is 1.78 bits per heavy atom. The average Bonchev–Trinajstić information content (AvgIpc) is 3.27. The Hall–Kier alpha value is -2.66. The van der Waals surface area contributed by atoms with Crippen LogP contribution in [-0.4, -0.2) is 48.9 Å². The number of nitrogens with zero attached hydrogens (tertiary/aromatic N) is 2. The van der Waals surface area contributed by atoms with Crippen molar-refractivity contribution in [2.45, 2.75) is 44.8 Å². The van der Waals surface area contributed by atoms with Crippen molar-refractivity contribution in [3.63, 3.8) is 0 Å². The van der Waals surface area contributed by atoms with Crippen LogP contribution in [-0.2, 0) is 14.6 Å². The van der Waals surface area contributed by atoms with Gasteiger partial charge in [0.25, 0.3) is 0 Å². The molecule has 1 aliphatic rings.